The van der Waals surface area contributed by atoms with Gasteiger partial charge < -0.3 is 5.11 Å². The number of hydrogen-bond donors (Lipinski definition) is 1. The van der Waals surface area contributed by atoms with Gasteiger partial charge in [-0.3, -0.25) is 4.79 Å². The van der Waals surface area contributed by atoms with Crippen molar-refractivity contribution >= 4 is 5.78 Å². The van der Waals surface area contributed by atoms with Crippen molar-refractivity contribution in [2.75, 3.05) is 0 Å². The number of rotatable bonds is 5. The monoisotopic (exact) mass is 454 g/mol. The molecule has 0 spiro atoms. The maximum absolute atomic E-state index is 12.8. The van der Waals surface area contributed by atoms with Crippen molar-refractivity contribution in [3.8, 4) is 0 Å². The first-order chi connectivity index (χ1) is 15.2. The van der Waals surface area contributed by atoms with Crippen molar-refractivity contribution in [2.45, 2.75) is 119 Å². The second-order valence-electron chi connectivity index (χ2n) is 13.9. The van der Waals surface area contributed by atoms with E-state index in [4.69, 9.17) is 0 Å². The molecule has 0 aliphatic heterocycles. The second-order valence-corrected chi connectivity index (χ2v) is 13.9. The molecule has 1 N–H and O–H groups in total. The lowest BCUT2D eigenvalue weighted by Gasteiger charge is -2.61. The third-order valence-corrected chi connectivity index (χ3v) is 12.1. The van der Waals surface area contributed by atoms with Crippen LogP contribution in [0.2, 0.25) is 0 Å². The van der Waals surface area contributed by atoms with E-state index < -0.39 is 0 Å². The van der Waals surface area contributed by atoms with E-state index in [-0.39, 0.29) is 27.8 Å². The first-order valence-corrected chi connectivity index (χ1v) is 13.8. The molecule has 0 radical (unpaired) electrons. The molecule has 7 atom stereocenters. The number of carbonyl (C=O) groups excluding carboxylic acids is 1. The minimum Gasteiger partial charge on any atom is -0.393 e. The van der Waals surface area contributed by atoms with Gasteiger partial charge in [-0.2, -0.15) is 0 Å². The summed E-state index contributed by atoms with van der Waals surface area (Å²) in [7, 11) is 0. The van der Waals surface area contributed by atoms with Crippen LogP contribution >= 0.6 is 0 Å². The van der Waals surface area contributed by atoms with Crippen molar-refractivity contribution < 1.29 is 9.90 Å². The third kappa shape index (κ3) is 3.47. The first kappa shape index (κ1) is 25.2. The molecule has 0 aromatic carbocycles. The molecule has 33 heavy (non-hydrogen) atoms. The largest absolute Gasteiger partial charge is 0.393 e. The summed E-state index contributed by atoms with van der Waals surface area (Å²) in [4.78, 5) is 12.8. The van der Waals surface area contributed by atoms with Gasteiger partial charge in [-0.15, -0.1) is 0 Å². The van der Waals surface area contributed by atoms with Crippen LogP contribution in [-0.2, 0) is 4.79 Å². The van der Waals surface area contributed by atoms with Gasteiger partial charge in [-0.25, -0.2) is 0 Å². The Morgan fingerprint density at radius 1 is 0.970 bits per heavy atom. The van der Waals surface area contributed by atoms with Crippen LogP contribution in [0.1, 0.15) is 113 Å². The van der Waals surface area contributed by atoms with Gasteiger partial charge in [0.15, 0.2) is 0 Å². The number of aliphatic hydroxyl groups excluding tert-OH is 1. The van der Waals surface area contributed by atoms with Crippen LogP contribution in [0.4, 0.5) is 0 Å². The van der Waals surface area contributed by atoms with Crippen molar-refractivity contribution in [2.24, 2.45) is 45.3 Å². The molecular formula is C31H50O2. The molecule has 0 aromatic rings. The molecule has 2 fully saturated rings. The Labute approximate surface area is 203 Å². The van der Waals surface area contributed by atoms with Crippen LogP contribution in [0.5, 0.6) is 0 Å². The number of ketones is 1. The van der Waals surface area contributed by atoms with E-state index in [1.807, 2.05) is 0 Å². The third-order valence-electron chi connectivity index (χ3n) is 12.1. The van der Waals surface area contributed by atoms with Crippen LogP contribution in [0, 0.1) is 45.3 Å². The highest BCUT2D eigenvalue weighted by Gasteiger charge is 2.63. The van der Waals surface area contributed by atoms with Gasteiger partial charge in [-0.1, -0.05) is 78.7 Å². The molecule has 4 aliphatic carbocycles. The second kappa shape index (κ2) is 8.07. The van der Waals surface area contributed by atoms with Crippen LogP contribution in [0.15, 0.2) is 23.3 Å². The molecule has 0 unspecified atom stereocenters. The Morgan fingerprint density at radius 2 is 1.64 bits per heavy atom. The van der Waals surface area contributed by atoms with Gasteiger partial charge in [-0.05, 0) is 91.3 Å². The Kier molecular flexibility index (Phi) is 6.17. The standard InChI is InChI=1S/C31H50O2/c1-19(2)20(3)18-25(32)21(4)22-12-16-31(9)24-10-11-26-28(5,6)27(33)14-15-29(26,7)23(24)13-17-30(22,31)8/h19,21-22,25-26,32H,3,10-18H2,1-2,4-9H3/t21-,22+,25+,26-,29+,30+,31-/m0/s1. The Hall–Kier alpha value is -0.890. The molecule has 0 heterocycles. The van der Waals surface area contributed by atoms with Crippen molar-refractivity contribution in [1.82, 2.24) is 0 Å². The zero-order valence-corrected chi connectivity index (χ0v) is 22.8. The molecule has 4 aliphatic rings. The van der Waals surface area contributed by atoms with Gasteiger partial charge in [0, 0.05) is 11.8 Å². The first-order valence-electron chi connectivity index (χ1n) is 13.8. The lowest BCUT2D eigenvalue weighted by molar-refractivity contribution is -0.139. The molecule has 0 saturated heterocycles. The Bertz CT molecular complexity index is 862. The van der Waals surface area contributed by atoms with Crippen LogP contribution in [-0.4, -0.2) is 17.0 Å². The van der Waals surface area contributed by atoms with Crippen molar-refractivity contribution in [1.29, 1.82) is 0 Å². The van der Waals surface area contributed by atoms with Gasteiger partial charge in [0.25, 0.3) is 0 Å². The summed E-state index contributed by atoms with van der Waals surface area (Å²) in [5.74, 6) is 2.25. The molecule has 4 rings (SSSR count). The quantitative estimate of drug-likeness (QED) is 0.429. The normalized spacial score (nSPS) is 41.9. The van der Waals surface area contributed by atoms with Crippen molar-refractivity contribution in [3.63, 3.8) is 0 Å². The number of fused-ring (bicyclic) bond motifs is 4. The molecule has 0 bridgehead atoms. The lowest BCUT2D eigenvalue weighted by Crippen LogP contribution is -2.54. The maximum atomic E-state index is 12.8. The minimum absolute atomic E-state index is 0.188. The molecule has 0 amide bonds. The number of Topliss-reactive ketones (excluding diaryl/α,β-unsaturated/α-hetero) is 1. The Morgan fingerprint density at radius 3 is 2.27 bits per heavy atom. The average molecular weight is 455 g/mol. The predicted molar refractivity (Wildman–Crippen MR) is 138 cm³/mol. The van der Waals surface area contributed by atoms with E-state index >= 15 is 0 Å². The minimum atomic E-state index is -0.294. The number of allylic oxidation sites excluding steroid dienone is 2. The molecular weight excluding hydrogens is 404 g/mol. The Balaban J connectivity index is 1.65. The molecule has 0 aromatic heterocycles. The SMILES string of the molecule is C=C(C[C@@H](O)[C@@H](C)[C@H]1CC[C@@]2(C)C3=C(CC[C@]12C)[C@@]1(C)CCC(=O)C(C)(C)[C@@H]1CC3)C(C)C. The van der Waals surface area contributed by atoms with E-state index in [1.54, 1.807) is 11.1 Å². The van der Waals surface area contributed by atoms with E-state index in [2.05, 4.69) is 62.0 Å². The molecule has 186 valence electrons. The van der Waals surface area contributed by atoms with Crippen molar-refractivity contribution in [3.05, 3.63) is 23.3 Å². The molecule has 2 saturated carbocycles. The van der Waals surface area contributed by atoms with E-state index in [1.165, 1.54) is 37.7 Å². The molecule has 2 heteroatoms. The van der Waals surface area contributed by atoms with E-state index in [0.717, 1.165) is 25.7 Å². The van der Waals surface area contributed by atoms with Gasteiger partial charge in [0.2, 0.25) is 0 Å². The average Bonchev–Trinajstić information content (AvgIpc) is 3.02. The topological polar surface area (TPSA) is 37.3 Å². The maximum Gasteiger partial charge on any atom is 0.138 e. The summed E-state index contributed by atoms with van der Waals surface area (Å²) in [5, 5.41) is 11.2. The summed E-state index contributed by atoms with van der Waals surface area (Å²) in [5.41, 5.74) is 5.14. The van der Waals surface area contributed by atoms with E-state index in [9.17, 15) is 9.90 Å². The summed E-state index contributed by atoms with van der Waals surface area (Å²) in [6, 6.07) is 0. The highest BCUT2D eigenvalue weighted by molar-refractivity contribution is 5.85. The number of aliphatic hydroxyl groups is 1. The van der Waals surface area contributed by atoms with Gasteiger partial charge in [0.1, 0.15) is 5.78 Å². The van der Waals surface area contributed by atoms with Crippen LogP contribution in [0.25, 0.3) is 0 Å². The zero-order valence-electron chi connectivity index (χ0n) is 22.8. The summed E-state index contributed by atoms with van der Waals surface area (Å²) < 4.78 is 0. The van der Waals surface area contributed by atoms with Crippen LogP contribution in [0.3, 0.4) is 0 Å². The summed E-state index contributed by atoms with van der Waals surface area (Å²) in [6.07, 6.45) is 9.46. The fourth-order valence-electron chi connectivity index (χ4n) is 9.33. The zero-order chi connectivity index (χ0) is 24.6. The fourth-order valence-corrected chi connectivity index (χ4v) is 9.33. The predicted octanol–water partition coefficient (Wildman–Crippen LogP) is 7.90. The highest BCUT2D eigenvalue weighted by Crippen LogP contribution is 2.72. The summed E-state index contributed by atoms with van der Waals surface area (Å²) >= 11 is 0. The highest BCUT2D eigenvalue weighted by atomic mass is 16.3. The van der Waals surface area contributed by atoms with Gasteiger partial charge >= 0.3 is 0 Å². The lowest BCUT2D eigenvalue weighted by atomic mass is 9.43. The summed E-state index contributed by atoms with van der Waals surface area (Å²) in [6.45, 7) is 23.0. The van der Waals surface area contributed by atoms with Crippen LogP contribution < -0.4 is 0 Å². The number of carbonyl (C=O) groups is 1. The van der Waals surface area contributed by atoms with E-state index in [0.29, 0.717) is 29.5 Å². The number of hydrogen-bond acceptors (Lipinski definition) is 2. The fraction of sp³-hybridized carbons (Fsp3) is 0.839. The smallest absolute Gasteiger partial charge is 0.138 e. The molecule has 2 nitrogen and oxygen atoms in total. The van der Waals surface area contributed by atoms with Gasteiger partial charge in [0.05, 0.1) is 6.10 Å².